The molecule has 1 amide bonds. The van der Waals surface area contributed by atoms with E-state index in [1.165, 1.54) is 5.56 Å². The predicted octanol–water partition coefficient (Wildman–Crippen LogP) is 5.34. The summed E-state index contributed by atoms with van der Waals surface area (Å²) in [6.45, 7) is 2.19. The van der Waals surface area contributed by atoms with Gasteiger partial charge in [-0.15, -0.1) is 0 Å². The van der Waals surface area contributed by atoms with Gasteiger partial charge < -0.3 is 14.8 Å². The van der Waals surface area contributed by atoms with Gasteiger partial charge in [-0.3, -0.25) is 9.69 Å². The maximum atomic E-state index is 13.1. The average Bonchev–Trinajstić information content (AvgIpc) is 3.31. The number of hydrogen-bond acceptors (Lipinski definition) is 4. The summed E-state index contributed by atoms with van der Waals surface area (Å²) in [6, 6.07) is 24.6. The summed E-state index contributed by atoms with van der Waals surface area (Å²) in [5.41, 5.74) is 3.45. The van der Waals surface area contributed by atoms with Gasteiger partial charge >= 0.3 is 0 Å². The summed E-state index contributed by atoms with van der Waals surface area (Å²) in [4.78, 5) is 15.5. The maximum Gasteiger partial charge on any atom is 0.231 e. The highest BCUT2D eigenvalue weighted by atomic mass is 35.5. The average molecular weight is 463 g/mol. The number of fused-ring (bicyclic) bond motifs is 1. The molecule has 3 aromatic carbocycles. The molecule has 0 spiro atoms. The van der Waals surface area contributed by atoms with E-state index in [0.29, 0.717) is 13.1 Å². The summed E-state index contributed by atoms with van der Waals surface area (Å²) >= 11 is 6.23. The van der Waals surface area contributed by atoms with Crippen molar-refractivity contribution in [2.24, 2.45) is 5.92 Å². The van der Waals surface area contributed by atoms with E-state index < -0.39 is 0 Å². The zero-order chi connectivity index (χ0) is 22.6. The van der Waals surface area contributed by atoms with Gasteiger partial charge in [0.15, 0.2) is 11.5 Å². The Morgan fingerprint density at radius 2 is 1.79 bits per heavy atom. The van der Waals surface area contributed by atoms with E-state index in [1.807, 2.05) is 42.5 Å². The third-order valence-corrected chi connectivity index (χ3v) is 6.65. The molecule has 5 nitrogen and oxygen atoms in total. The highest BCUT2D eigenvalue weighted by Crippen LogP contribution is 2.35. The highest BCUT2D eigenvalue weighted by molar-refractivity contribution is 6.30. The molecule has 6 heteroatoms. The van der Waals surface area contributed by atoms with Crippen molar-refractivity contribution in [1.82, 2.24) is 10.2 Å². The van der Waals surface area contributed by atoms with Crippen LogP contribution in [0.25, 0.3) is 0 Å². The monoisotopic (exact) mass is 462 g/mol. The number of rotatable bonds is 6. The number of benzene rings is 3. The maximum absolute atomic E-state index is 13.1. The van der Waals surface area contributed by atoms with E-state index in [9.17, 15) is 4.79 Å². The first-order valence-corrected chi connectivity index (χ1v) is 11.7. The Bertz CT molecular complexity index is 1120. The standard InChI is InChI=1S/C27H27ClN2O3/c28-23-8-4-5-20(13-23)16-30-17-22(10-11-24(30)21-6-2-1-3-7-21)27(31)29-15-19-9-12-25-26(14-19)33-18-32-25/h1-9,12-14,22,24H,10-11,15-18H2,(H,29,31)/t22-,24-/m1/s1. The van der Waals surface area contributed by atoms with Crippen molar-refractivity contribution >= 4 is 17.5 Å². The lowest BCUT2D eigenvalue weighted by molar-refractivity contribution is -0.127. The van der Waals surface area contributed by atoms with E-state index in [2.05, 4.69) is 40.5 Å². The van der Waals surface area contributed by atoms with Crippen molar-refractivity contribution in [2.75, 3.05) is 13.3 Å². The van der Waals surface area contributed by atoms with Crippen molar-refractivity contribution in [1.29, 1.82) is 0 Å². The molecule has 0 radical (unpaired) electrons. The minimum atomic E-state index is -0.0573. The van der Waals surface area contributed by atoms with Gasteiger partial charge in [0.05, 0.1) is 5.92 Å². The van der Waals surface area contributed by atoms with Crippen LogP contribution >= 0.6 is 11.6 Å². The van der Waals surface area contributed by atoms with Crippen LogP contribution in [-0.4, -0.2) is 24.1 Å². The summed E-state index contributed by atoms with van der Waals surface area (Å²) in [6.07, 6.45) is 1.80. The molecule has 0 aromatic heterocycles. The summed E-state index contributed by atoms with van der Waals surface area (Å²) in [7, 11) is 0. The fraction of sp³-hybridized carbons (Fsp3) is 0.296. The van der Waals surface area contributed by atoms with Gasteiger partial charge in [0, 0.05) is 30.7 Å². The number of nitrogens with one attached hydrogen (secondary N) is 1. The van der Waals surface area contributed by atoms with E-state index in [-0.39, 0.29) is 24.7 Å². The van der Waals surface area contributed by atoms with Crippen LogP contribution < -0.4 is 14.8 Å². The Morgan fingerprint density at radius 1 is 0.939 bits per heavy atom. The zero-order valence-electron chi connectivity index (χ0n) is 18.4. The summed E-state index contributed by atoms with van der Waals surface area (Å²) in [5, 5.41) is 3.86. The number of carbonyl (C=O) groups is 1. The lowest BCUT2D eigenvalue weighted by atomic mass is 9.88. The van der Waals surface area contributed by atoms with Crippen LogP contribution in [0, 0.1) is 5.92 Å². The number of amides is 1. The van der Waals surface area contributed by atoms with Gasteiger partial charge in [-0.25, -0.2) is 0 Å². The third-order valence-electron chi connectivity index (χ3n) is 6.42. The third kappa shape index (κ3) is 5.15. The summed E-state index contributed by atoms with van der Waals surface area (Å²) in [5.74, 6) is 1.52. The Balaban J connectivity index is 1.27. The molecular weight excluding hydrogens is 436 g/mol. The SMILES string of the molecule is O=C(NCc1ccc2c(c1)OCO2)[C@@H]1CC[C@H](c2ccccc2)N(Cc2cccc(Cl)c2)C1. The van der Waals surface area contributed by atoms with Crippen LogP contribution in [0.4, 0.5) is 0 Å². The van der Waals surface area contributed by atoms with Crippen molar-refractivity contribution in [3.05, 3.63) is 94.5 Å². The van der Waals surface area contributed by atoms with Crippen LogP contribution in [0.5, 0.6) is 11.5 Å². The molecule has 2 aliphatic heterocycles. The molecule has 0 bridgehead atoms. The topological polar surface area (TPSA) is 50.8 Å². The second-order valence-corrected chi connectivity index (χ2v) is 9.10. The van der Waals surface area contributed by atoms with E-state index in [1.54, 1.807) is 0 Å². The van der Waals surface area contributed by atoms with Crippen LogP contribution in [-0.2, 0) is 17.9 Å². The van der Waals surface area contributed by atoms with Crippen LogP contribution in [0.15, 0.2) is 72.8 Å². The van der Waals surface area contributed by atoms with Gasteiger partial charge in [0.25, 0.3) is 0 Å². The van der Waals surface area contributed by atoms with Crippen molar-refractivity contribution in [3.8, 4) is 11.5 Å². The molecule has 170 valence electrons. The fourth-order valence-corrected chi connectivity index (χ4v) is 4.95. The molecule has 5 rings (SSSR count). The molecule has 2 aliphatic rings. The predicted molar refractivity (Wildman–Crippen MR) is 128 cm³/mol. The van der Waals surface area contributed by atoms with E-state index in [0.717, 1.165) is 47.0 Å². The largest absolute Gasteiger partial charge is 0.454 e. The Hall–Kier alpha value is -3.02. The Kier molecular flexibility index (Phi) is 6.51. The number of hydrogen-bond donors (Lipinski definition) is 1. The van der Waals surface area contributed by atoms with Gasteiger partial charge in [-0.05, 0) is 53.8 Å². The molecule has 33 heavy (non-hydrogen) atoms. The van der Waals surface area contributed by atoms with E-state index in [4.69, 9.17) is 21.1 Å². The number of carbonyl (C=O) groups excluding carboxylic acids is 1. The van der Waals surface area contributed by atoms with Gasteiger partial charge in [-0.1, -0.05) is 60.1 Å². The quantitative estimate of drug-likeness (QED) is 0.537. The normalized spacial score (nSPS) is 19.9. The lowest BCUT2D eigenvalue weighted by Crippen LogP contribution is -2.44. The van der Waals surface area contributed by atoms with Crippen LogP contribution in [0.3, 0.4) is 0 Å². The zero-order valence-corrected chi connectivity index (χ0v) is 19.1. The van der Waals surface area contributed by atoms with Crippen LogP contribution in [0.1, 0.15) is 35.6 Å². The van der Waals surface area contributed by atoms with Crippen molar-refractivity contribution in [2.45, 2.75) is 32.0 Å². The molecule has 1 fully saturated rings. The Labute approximate surface area is 199 Å². The van der Waals surface area contributed by atoms with Crippen molar-refractivity contribution < 1.29 is 14.3 Å². The highest BCUT2D eigenvalue weighted by Gasteiger charge is 2.32. The van der Waals surface area contributed by atoms with Gasteiger partial charge in [0.2, 0.25) is 12.7 Å². The first kappa shape index (κ1) is 21.8. The minimum absolute atomic E-state index is 0.0573. The second kappa shape index (κ2) is 9.86. The molecule has 1 saturated heterocycles. The molecule has 2 atom stereocenters. The van der Waals surface area contributed by atoms with Gasteiger partial charge in [0.1, 0.15) is 0 Å². The molecule has 3 aromatic rings. The number of nitrogens with zero attached hydrogens (tertiary/aromatic N) is 1. The smallest absolute Gasteiger partial charge is 0.231 e. The number of likely N-dealkylation sites (tertiary alicyclic amines) is 1. The fourth-order valence-electron chi connectivity index (χ4n) is 4.74. The number of ether oxygens (including phenoxy) is 2. The molecule has 0 saturated carbocycles. The second-order valence-electron chi connectivity index (χ2n) is 8.67. The van der Waals surface area contributed by atoms with Gasteiger partial charge in [-0.2, -0.15) is 0 Å². The molecule has 1 N–H and O–H groups in total. The Morgan fingerprint density at radius 3 is 2.64 bits per heavy atom. The first-order chi connectivity index (χ1) is 16.2. The summed E-state index contributed by atoms with van der Waals surface area (Å²) < 4.78 is 10.8. The first-order valence-electron chi connectivity index (χ1n) is 11.4. The molecule has 2 heterocycles. The lowest BCUT2D eigenvalue weighted by Gasteiger charge is -2.39. The molecular formula is C27H27ClN2O3. The van der Waals surface area contributed by atoms with Crippen LogP contribution in [0.2, 0.25) is 5.02 Å². The molecule has 0 aliphatic carbocycles. The number of piperidine rings is 1. The van der Waals surface area contributed by atoms with Crippen molar-refractivity contribution in [3.63, 3.8) is 0 Å². The van der Waals surface area contributed by atoms with E-state index >= 15 is 0 Å². The number of halogens is 1. The molecule has 0 unspecified atom stereocenters. The minimum Gasteiger partial charge on any atom is -0.454 e.